The van der Waals surface area contributed by atoms with Gasteiger partial charge in [0.05, 0.1) is 24.4 Å². The van der Waals surface area contributed by atoms with Crippen molar-refractivity contribution < 1.29 is 19.4 Å². The number of methoxy groups -OCH3 is 1. The third kappa shape index (κ3) is 5.03. The normalized spacial score (nSPS) is 30.6. The highest BCUT2D eigenvalue weighted by Crippen LogP contribution is 2.55. The van der Waals surface area contributed by atoms with Crippen molar-refractivity contribution in [3.05, 3.63) is 17.8 Å². The van der Waals surface area contributed by atoms with Gasteiger partial charge in [0.25, 0.3) is 5.91 Å². The molecule has 1 aromatic heterocycles. The van der Waals surface area contributed by atoms with Crippen LogP contribution in [0.4, 0.5) is 10.6 Å². The van der Waals surface area contributed by atoms with Crippen LogP contribution in [0.25, 0.3) is 6.20 Å². The van der Waals surface area contributed by atoms with E-state index in [0.29, 0.717) is 29.1 Å². The summed E-state index contributed by atoms with van der Waals surface area (Å²) in [5.74, 6) is 1.73. The van der Waals surface area contributed by atoms with Gasteiger partial charge in [0.1, 0.15) is 11.4 Å². The second kappa shape index (κ2) is 8.66. The summed E-state index contributed by atoms with van der Waals surface area (Å²) in [6.07, 6.45) is 9.25. The van der Waals surface area contributed by atoms with Crippen LogP contribution in [0.5, 0.6) is 0 Å². The van der Waals surface area contributed by atoms with Gasteiger partial charge in [0, 0.05) is 18.3 Å². The molecule has 2 unspecified atom stereocenters. The molecule has 33 heavy (non-hydrogen) atoms. The Morgan fingerprint density at radius 2 is 1.94 bits per heavy atom. The first kappa shape index (κ1) is 23.6. The number of carbonyl (C=O) groups excluding carboxylic acids is 2. The summed E-state index contributed by atoms with van der Waals surface area (Å²) in [4.78, 5) is 24.9. The molecule has 2 atom stereocenters. The first-order valence-electron chi connectivity index (χ1n) is 11.9. The van der Waals surface area contributed by atoms with Crippen molar-refractivity contribution in [2.45, 2.75) is 83.0 Å². The summed E-state index contributed by atoms with van der Waals surface area (Å²) >= 11 is 0. The average molecular weight is 460 g/mol. The molecular weight excluding hydrogens is 422 g/mol. The fraction of sp³-hybridized carbons (Fsp3) is 0.708. The molecule has 5 rings (SSSR count). The fourth-order valence-corrected chi connectivity index (χ4v) is 6.12. The third-order valence-electron chi connectivity index (χ3n) is 7.25. The van der Waals surface area contributed by atoms with Gasteiger partial charge in [-0.2, -0.15) is 5.10 Å². The lowest BCUT2D eigenvalue weighted by molar-refractivity contribution is -0.136. The fourth-order valence-electron chi connectivity index (χ4n) is 6.12. The Labute approximate surface area is 195 Å². The van der Waals surface area contributed by atoms with Crippen LogP contribution in [0.3, 0.4) is 0 Å². The summed E-state index contributed by atoms with van der Waals surface area (Å²) in [5, 5.41) is 24.6. The Morgan fingerprint density at radius 3 is 2.52 bits per heavy atom. The van der Waals surface area contributed by atoms with Gasteiger partial charge in [-0.1, -0.05) is 0 Å². The molecule has 4 fully saturated rings. The van der Waals surface area contributed by atoms with Crippen LogP contribution in [-0.2, 0) is 4.74 Å². The molecule has 0 radical (unpaired) electrons. The van der Waals surface area contributed by atoms with Crippen molar-refractivity contribution in [3.63, 3.8) is 0 Å². The van der Waals surface area contributed by atoms with Crippen LogP contribution in [-0.4, -0.2) is 57.2 Å². The van der Waals surface area contributed by atoms with E-state index in [1.54, 1.807) is 23.2 Å². The van der Waals surface area contributed by atoms with E-state index in [4.69, 9.17) is 0 Å². The molecule has 4 N–H and O–H groups in total. The first-order chi connectivity index (χ1) is 15.5. The van der Waals surface area contributed by atoms with Gasteiger partial charge < -0.3 is 25.8 Å². The van der Waals surface area contributed by atoms with E-state index in [1.807, 2.05) is 27.7 Å². The topological polar surface area (TPSA) is 118 Å². The van der Waals surface area contributed by atoms with Crippen molar-refractivity contribution >= 4 is 24.0 Å². The van der Waals surface area contributed by atoms with E-state index in [0.717, 1.165) is 32.1 Å². The Morgan fingerprint density at radius 1 is 1.27 bits per heavy atom. The minimum atomic E-state index is -0.669. The predicted molar refractivity (Wildman–Crippen MR) is 126 cm³/mol. The molecule has 4 aliphatic rings. The van der Waals surface area contributed by atoms with Gasteiger partial charge >= 0.3 is 6.09 Å². The number of aliphatic hydroxyl groups is 1. The lowest BCUT2D eigenvalue weighted by atomic mass is 9.52. The largest absolute Gasteiger partial charge is 0.453 e. The monoisotopic (exact) mass is 459 g/mol. The quantitative estimate of drug-likeness (QED) is 0.498. The van der Waals surface area contributed by atoms with E-state index in [9.17, 15) is 14.7 Å². The lowest BCUT2D eigenvalue weighted by Gasteiger charge is -2.58. The number of carbonyl (C=O) groups is 2. The zero-order chi connectivity index (χ0) is 24.0. The molecule has 0 aliphatic heterocycles. The molecule has 0 spiro atoms. The van der Waals surface area contributed by atoms with E-state index in [1.165, 1.54) is 7.11 Å². The molecule has 9 nitrogen and oxygen atoms in total. The summed E-state index contributed by atoms with van der Waals surface area (Å²) in [5.41, 5.74) is -0.709. The average Bonchev–Trinajstić information content (AvgIpc) is 3.09. The molecule has 2 amide bonds. The Balaban J connectivity index is 1.52. The van der Waals surface area contributed by atoms with Crippen molar-refractivity contribution in [3.8, 4) is 0 Å². The van der Waals surface area contributed by atoms with Gasteiger partial charge in [-0.3, -0.25) is 4.79 Å². The molecular formula is C24H37N5O4. The van der Waals surface area contributed by atoms with Crippen molar-refractivity contribution in [2.75, 3.05) is 12.4 Å². The minimum absolute atomic E-state index is 0.0945. The van der Waals surface area contributed by atoms with E-state index >= 15 is 0 Å². The smallest absolute Gasteiger partial charge is 0.407 e. The van der Waals surface area contributed by atoms with Gasteiger partial charge in [-0.25, -0.2) is 9.48 Å². The van der Waals surface area contributed by atoms with E-state index in [-0.39, 0.29) is 18.0 Å². The maximum atomic E-state index is 13.4. The van der Waals surface area contributed by atoms with Crippen molar-refractivity contribution in [1.29, 1.82) is 0 Å². The number of hydrogen-bond donors (Lipinski definition) is 4. The number of amides is 2. The standard InChI is InChI=1S/C24H37N5O4/c1-14(2)26-20-18(13-25-29(20)7-6-23(3,4)28-22(31)33-5)21(30)27-19-16-8-15-9-17(19)12-24(32,10-15)11-16/h6-7,13-17,19,26,32H,8-12H2,1-5H3,(H,27,30)(H,28,31). The molecule has 1 heterocycles. The van der Waals surface area contributed by atoms with Crippen molar-refractivity contribution in [2.24, 2.45) is 17.8 Å². The van der Waals surface area contributed by atoms with E-state index in [2.05, 4.69) is 25.8 Å². The SMILES string of the molecule is COC(=O)NC(C)(C)C=Cn1ncc(C(=O)NC2C3CC4CC2CC(O)(C4)C3)c1NC(C)C. The van der Waals surface area contributed by atoms with Gasteiger partial charge in [-0.15, -0.1) is 0 Å². The number of hydrogen-bond acceptors (Lipinski definition) is 6. The molecule has 0 aromatic carbocycles. The van der Waals surface area contributed by atoms with Crippen LogP contribution in [0.1, 0.15) is 70.2 Å². The van der Waals surface area contributed by atoms with E-state index < -0.39 is 17.2 Å². The van der Waals surface area contributed by atoms with Crippen LogP contribution >= 0.6 is 0 Å². The Hall–Kier alpha value is -2.55. The zero-order valence-electron chi connectivity index (χ0n) is 20.2. The maximum absolute atomic E-state index is 13.4. The summed E-state index contributed by atoms with van der Waals surface area (Å²) in [6.45, 7) is 7.69. The number of ether oxygens (including phenoxy) is 1. The number of alkyl carbamates (subject to hydrolysis) is 1. The number of nitrogens with one attached hydrogen (secondary N) is 3. The summed E-state index contributed by atoms with van der Waals surface area (Å²) in [7, 11) is 1.32. The number of aromatic nitrogens is 2. The summed E-state index contributed by atoms with van der Waals surface area (Å²) < 4.78 is 6.30. The summed E-state index contributed by atoms with van der Waals surface area (Å²) in [6, 6.07) is 0.195. The number of rotatable bonds is 7. The second-order valence-electron chi connectivity index (χ2n) is 11.0. The Kier molecular flexibility index (Phi) is 6.20. The van der Waals surface area contributed by atoms with Crippen LogP contribution in [0.2, 0.25) is 0 Å². The highest BCUT2D eigenvalue weighted by Gasteiger charge is 2.55. The predicted octanol–water partition coefficient (Wildman–Crippen LogP) is 2.98. The molecule has 0 saturated heterocycles. The minimum Gasteiger partial charge on any atom is -0.453 e. The molecule has 4 bridgehead atoms. The van der Waals surface area contributed by atoms with Crippen LogP contribution in [0.15, 0.2) is 12.3 Å². The third-order valence-corrected chi connectivity index (χ3v) is 7.25. The molecule has 182 valence electrons. The zero-order valence-corrected chi connectivity index (χ0v) is 20.2. The van der Waals surface area contributed by atoms with Gasteiger partial charge in [0.2, 0.25) is 0 Å². The number of nitrogens with zero attached hydrogens (tertiary/aromatic N) is 2. The second-order valence-corrected chi connectivity index (χ2v) is 11.0. The highest BCUT2D eigenvalue weighted by molar-refractivity contribution is 5.99. The molecule has 4 aliphatic carbocycles. The first-order valence-corrected chi connectivity index (χ1v) is 11.9. The molecule has 9 heteroatoms. The van der Waals surface area contributed by atoms with Gasteiger partial charge in [0.15, 0.2) is 0 Å². The van der Waals surface area contributed by atoms with Crippen molar-refractivity contribution in [1.82, 2.24) is 20.4 Å². The molecule has 1 aromatic rings. The number of anilines is 1. The Bertz CT molecular complexity index is 921. The van der Waals surface area contributed by atoms with Crippen LogP contribution < -0.4 is 16.0 Å². The lowest BCUT2D eigenvalue weighted by Crippen LogP contribution is -2.61. The van der Waals surface area contributed by atoms with Crippen LogP contribution in [0, 0.1) is 17.8 Å². The molecule has 4 saturated carbocycles. The van der Waals surface area contributed by atoms with Gasteiger partial charge in [-0.05, 0) is 83.6 Å². The highest BCUT2D eigenvalue weighted by atomic mass is 16.5. The maximum Gasteiger partial charge on any atom is 0.407 e.